The molecule has 15 heavy (non-hydrogen) atoms. The monoisotopic (exact) mass is 270 g/mol. The molecule has 0 bridgehead atoms. The van der Waals surface area contributed by atoms with Crippen LogP contribution in [0, 0.1) is 0 Å². The summed E-state index contributed by atoms with van der Waals surface area (Å²) in [4.78, 5) is 2.17. The lowest BCUT2D eigenvalue weighted by molar-refractivity contribution is 0.401. The molecule has 84 valence electrons. The van der Waals surface area contributed by atoms with Crippen molar-refractivity contribution in [2.75, 3.05) is 20.6 Å². The van der Waals surface area contributed by atoms with Crippen molar-refractivity contribution in [3.05, 3.63) is 33.8 Å². The number of aryl methyl sites for hydroxylation is 1. The molecule has 0 heterocycles. The lowest BCUT2D eigenvalue weighted by Gasteiger charge is -2.12. The number of benzene rings is 1. The number of halogens is 1. The van der Waals surface area contributed by atoms with Gasteiger partial charge < -0.3 is 10.6 Å². The summed E-state index contributed by atoms with van der Waals surface area (Å²) in [6, 6.07) is 6.59. The Morgan fingerprint density at radius 2 is 2.07 bits per heavy atom. The molecule has 0 aromatic heterocycles. The van der Waals surface area contributed by atoms with Crippen LogP contribution in [0.15, 0.2) is 22.7 Å². The third-order valence-corrected chi connectivity index (χ3v) is 3.01. The maximum absolute atomic E-state index is 5.49. The summed E-state index contributed by atoms with van der Waals surface area (Å²) >= 11 is 3.61. The molecule has 3 heteroatoms. The molecule has 0 radical (unpaired) electrons. The first kappa shape index (κ1) is 12.7. The SMILES string of the molecule is CN(C)Cc1ccc(CCCN)cc1Br. The Morgan fingerprint density at radius 3 is 2.60 bits per heavy atom. The van der Waals surface area contributed by atoms with Gasteiger partial charge in [0.25, 0.3) is 0 Å². The molecule has 2 N–H and O–H groups in total. The topological polar surface area (TPSA) is 29.3 Å². The van der Waals surface area contributed by atoms with Crippen LogP contribution < -0.4 is 5.73 Å². The van der Waals surface area contributed by atoms with Gasteiger partial charge in [-0.05, 0) is 50.7 Å². The second-order valence-electron chi connectivity index (χ2n) is 4.06. The fraction of sp³-hybridized carbons (Fsp3) is 0.500. The highest BCUT2D eigenvalue weighted by molar-refractivity contribution is 9.10. The van der Waals surface area contributed by atoms with Gasteiger partial charge in [0.15, 0.2) is 0 Å². The van der Waals surface area contributed by atoms with Crippen LogP contribution in [0.2, 0.25) is 0 Å². The Kier molecular flexibility index (Phi) is 5.29. The quantitative estimate of drug-likeness (QED) is 0.891. The van der Waals surface area contributed by atoms with E-state index in [1.165, 1.54) is 15.6 Å². The zero-order valence-corrected chi connectivity index (χ0v) is 11.0. The summed E-state index contributed by atoms with van der Waals surface area (Å²) in [5.74, 6) is 0. The van der Waals surface area contributed by atoms with Crippen LogP contribution in [-0.4, -0.2) is 25.5 Å². The van der Waals surface area contributed by atoms with E-state index in [1.807, 2.05) is 0 Å². The van der Waals surface area contributed by atoms with Gasteiger partial charge in [-0.1, -0.05) is 28.1 Å². The summed E-state index contributed by atoms with van der Waals surface area (Å²) in [6.07, 6.45) is 2.12. The predicted molar refractivity (Wildman–Crippen MR) is 68.9 cm³/mol. The van der Waals surface area contributed by atoms with Crippen molar-refractivity contribution in [2.45, 2.75) is 19.4 Å². The molecule has 0 atom stereocenters. The maximum atomic E-state index is 5.49. The fourth-order valence-corrected chi connectivity index (χ4v) is 2.07. The summed E-state index contributed by atoms with van der Waals surface area (Å²) < 4.78 is 1.20. The van der Waals surface area contributed by atoms with Gasteiger partial charge >= 0.3 is 0 Å². The third-order valence-electron chi connectivity index (χ3n) is 2.27. The van der Waals surface area contributed by atoms with E-state index < -0.39 is 0 Å². The molecule has 0 fully saturated rings. The molecule has 0 aliphatic carbocycles. The van der Waals surface area contributed by atoms with Gasteiger partial charge in [-0.3, -0.25) is 0 Å². The number of rotatable bonds is 5. The molecule has 1 rings (SSSR count). The highest BCUT2D eigenvalue weighted by Crippen LogP contribution is 2.20. The molecular weight excluding hydrogens is 252 g/mol. The fourth-order valence-electron chi connectivity index (χ4n) is 1.52. The van der Waals surface area contributed by atoms with E-state index in [-0.39, 0.29) is 0 Å². The molecule has 0 saturated heterocycles. The second-order valence-corrected chi connectivity index (χ2v) is 4.91. The molecular formula is C12H19BrN2. The number of nitrogens with two attached hydrogens (primary N) is 1. The Bertz CT molecular complexity index is 310. The summed E-state index contributed by atoms with van der Waals surface area (Å²) in [6.45, 7) is 1.73. The van der Waals surface area contributed by atoms with Crippen molar-refractivity contribution in [1.82, 2.24) is 4.90 Å². The molecule has 1 aromatic carbocycles. The van der Waals surface area contributed by atoms with Crippen molar-refractivity contribution in [3.8, 4) is 0 Å². The lowest BCUT2D eigenvalue weighted by atomic mass is 10.1. The van der Waals surface area contributed by atoms with Gasteiger partial charge in [-0.25, -0.2) is 0 Å². The minimum Gasteiger partial charge on any atom is -0.330 e. The van der Waals surface area contributed by atoms with Gasteiger partial charge in [-0.15, -0.1) is 0 Å². The van der Waals surface area contributed by atoms with E-state index in [2.05, 4.69) is 53.1 Å². The van der Waals surface area contributed by atoms with E-state index in [4.69, 9.17) is 5.73 Å². The van der Waals surface area contributed by atoms with Crippen LogP contribution in [0.1, 0.15) is 17.5 Å². The van der Waals surface area contributed by atoms with Crippen molar-refractivity contribution >= 4 is 15.9 Å². The first-order chi connectivity index (χ1) is 7.13. The minimum absolute atomic E-state index is 0.761. The molecule has 0 spiro atoms. The van der Waals surface area contributed by atoms with Gasteiger partial charge in [0, 0.05) is 11.0 Å². The van der Waals surface area contributed by atoms with E-state index in [0.717, 1.165) is 25.9 Å². The number of hydrogen-bond donors (Lipinski definition) is 1. The van der Waals surface area contributed by atoms with Crippen LogP contribution >= 0.6 is 15.9 Å². The normalized spacial score (nSPS) is 11.0. The lowest BCUT2D eigenvalue weighted by Crippen LogP contribution is -2.11. The van der Waals surface area contributed by atoms with Gasteiger partial charge in [0.05, 0.1) is 0 Å². The van der Waals surface area contributed by atoms with Crippen LogP contribution in [0.5, 0.6) is 0 Å². The highest BCUT2D eigenvalue weighted by atomic mass is 79.9. The van der Waals surface area contributed by atoms with Crippen molar-refractivity contribution < 1.29 is 0 Å². The number of hydrogen-bond acceptors (Lipinski definition) is 2. The van der Waals surface area contributed by atoms with E-state index in [1.54, 1.807) is 0 Å². The van der Waals surface area contributed by atoms with E-state index >= 15 is 0 Å². The van der Waals surface area contributed by atoms with Crippen molar-refractivity contribution in [3.63, 3.8) is 0 Å². The molecule has 1 aromatic rings. The first-order valence-electron chi connectivity index (χ1n) is 5.25. The maximum Gasteiger partial charge on any atom is 0.0238 e. The highest BCUT2D eigenvalue weighted by Gasteiger charge is 2.02. The van der Waals surface area contributed by atoms with Crippen molar-refractivity contribution in [2.24, 2.45) is 5.73 Å². The van der Waals surface area contributed by atoms with E-state index in [0.29, 0.717) is 0 Å². The molecule has 0 unspecified atom stereocenters. The smallest absolute Gasteiger partial charge is 0.0238 e. The van der Waals surface area contributed by atoms with Gasteiger partial charge in [-0.2, -0.15) is 0 Å². The predicted octanol–water partition coefficient (Wildman–Crippen LogP) is 2.40. The Labute approximate surface area is 101 Å². The van der Waals surface area contributed by atoms with Crippen LogP contribution in [0.3, 0.4) is 0 Å². The average Bonchev–Trinajstić information content (AvgIpc) is 2.18. The first-order valence-corrected chi connectivity index (χ1v) is 6.05. The molecule has 0 saturated carbocycles. The summed E-state index contributed by atoms with van der Waals surface area (Å²) in [5.41, 5.74) is 8.18. The van der Waals surface area contributed by atoms with Crippen LogP contribution in [-0.2, 0) is 13.0 Å². The van der Waals surface area contributed by atoms with Crippen LogP contribution in [0.4, 0.5) is 0 Å². The van der Waals surface area contributed by atoms with Gasteiger partial charge in [0.1, 0.15) is 0 Å². The van der Waals surface area contributed by atoms with E-state index in [9.17, 15) is 0 Å². The molecule has 0 aliphatic heterocycles. The molecule has 2 nitrogen and oxygen atoms in total. The minimum atomic E-state index is 0.761. The summed E-state index contributed by atoms with van der Waals surface area (Å²) in [5, 5.41) is 0. The van der Waals surface area contributed by atoms with Gasteiger partial charge in [0.2, 0.25) is 0 Å². The Hall–Kier alpha value is -0.380. The Balaban J connectivity index is 2.70. The Morgan fingerprint density at radius 1 is 1.33 bits per heavy atom. The largest absolute Gasteiger partial charge is 0.330 e. The zero-order chi connectivity index (χ0) is 11.3. The zero-order valence-electron chi connectivity index (χ0n) is 9.46. The molecule has 0 amide bonds. The number of nitrogens with zero attached hydrogens (tertiary/aromatic N) is 1. The third kappa shape index (κ3) is 4.33. The van der Waals surface area contributed by atoms with Crippen molar-refractivity contribution in [1.29, 1.82) is 0 Å². The van der Waals surface area contributed by atoms with Crippen LogP contribution in [0.25, 0.3) is 0 Å². The summed E-state index contributed by atoms with van der Waals surface area (Å²) in [7, 11) is 4.16. The standard InChI is InChI=1S/C12H19BrN2/c1-15(2)9-11-6-5-10(4-3-7-14)8-12(11)13/h5-6,8H,3-4,7,9,14H2,1-2H3. The molecule has 0 aliphatic rings. The average molecular weight is 271 g/mol. The second kappa shape index (κ2) is 6.26.